The van der Waals surface area contributed by atoms with Crippen molar-refractivity contribution in [1.29, 1.82) is 5.26 Å². The third kappa shape index (κ3) is 2.92. The van der Waals surface area contributed by atoms with Crippen LogP contribution in [0.25, 0.3) is 16.0 Å². The third-order valence-electron chi connectivity index (χ3n) is 3.28. The van der Waals surface area contributed by atoms with Gasteiger partial charge in [-0.1, -0.05) is 31.2 Å². The fraction of sp³-hybridized carbons (Fsp3) is 0.235. The van der Waals surface area contributed by atoms with Gasteiger partial charge < -0.3 is 5.32 Å². The number of rotatable bonds is 4. The number of hydrogen-bond donors (Lipinski definition) is 1. The van der Waals surface area contributed by atoms with Crippen LogP contribution in [-0.4, -0.2) is 7.05 Å². The molecule has 0 fully saturated rings. The van der Waals surface area contributed by atoms with E-state index in [-0.39, 0.29) is 0 Å². The fourth-order valence-corrected chi connectivity index (χ4v) is 3.10. The average molecular weight is 282 g/mol. The van der Waals surface area contributed by atoms with Crippen LogP contribution < -0.4 is 5.32 Å². The van der Waals surface area contributed by atoms with Crippen molar-refractivity contribution in [3.05, 3.63) is 52.5 Å². The molecule has 1 aromatic heterocycles. The first-order valence-corrected chi connectivity index (χ1v) is 7.49. The molecular formula is C17H18N2S. The van der Waals surface area contributed by atoms with Crippen LogP contribution in [0, 0.1) is 18.3 Å². The lowest BCUT2D eigenvalue weighted by Gasteiger charge is -2.09. The quantitative estimate of drug-likeness (QED) is 0.833. The lowest BCUT2D eigenvalue weighted by Crippen LogP contribution is -2.06. The van der Waals surface area contributed by atoms with E-state index < -0.39 is 0 Å². The molecule has 20 heavy (non-hydrogen) atoms. The van der Waals surface area contributed by atoms with Gasteiger partial charge in [0.1, 0.15) is 11.8 Å². The van der Waals surface area contributed by atoms with E-state index in [9.17, 15) is 0 Å². The Morgan fingerprint density at radius 3 is 2.35 bits per heavy atom. The molecule has 0 saturated heterocycles. The normalized spacial score (nSPS) is 11.7. The molecule has 0 bridgehead atoms. The Hall–Kier alpha value is -2.05. The second-order valence-electron chi connectivity index (χ2n) is 4.56. The zero-order valence-corrected chi connectivity index (χ0v) is 12.8. The molecule has 2 nitrogen and oxygen atoms in total. The number of thiophene rings is 1. The van der Waals surface area contributed by atoms with Crippen molar-refractivity contribution < 1.29 is 0 Å². The molecule has 1 heterocycles. The lowest BCUT2D eigenvalue weighted by atomic mass is 10.00. The van der Waals surface area contributed by atoms with Gasteiger partial charge in [-0.15, -0.1) is 11.3 Å². The highest BCUT2D eigenvalue weighted by Crippen LogP contribution is 2.29. The van der Waals surface area contributed by atoms with Crippen LogP contribution in [0.1, 0.15) is 23.8 Å². The molecule has 2 aromatic rings. The minimum atomic E-state index is 0.646. The van der Waals surface area contributed by atoms with Gasteiger partial charge in [-0.2, -0.15) is 5.26 Å². The van der Waals surface area contributed by atoms with Crippen LogP contribution in [0.4, 0.5) is 0 Å². The number of hydrogen-bond acceptors (Lipinski definition) is 3. The molecule has 2 rings (SSSR count). The van der Waals surface area contributed by atoms with E-state index in [2.05, 4.69) is 61.6 Å². The summed E-state index contributed by atoms with van der Waals surface area (Å²) in [7, 11) is 1.79. The molecular weight excluding hydrogens is 264 g/mol. The molecule has 102 valence electrons. The smallest absolute Gasteiger partial charge is 0.117 e. The van der Waals surface area contributed by atoms with E-state index in [0.717, 1.165) is 17.6 Å². The molecule has 1 N–H and O–H groups in total. The maximum atomic E-state index is 9.16. The summed E-state index contributed by atoms with van der Waals surface area (Å²) in [4.78, 5) is 2.60. The molecule has 1 aromatic carbocycles. The Morgan fingerprint density at radius 1 is 1.20 bits per heavy atom. The Kier molecular flexibility index (Phi) is 4.60. The Labute approximate surface area is 124 Å². The highest BCUT2D eigenvalue weighted by molar-refractivity contribution is 7.15. The minimum absolute atomic E-state index is 0.646. The highest BCUT2D eigenvalue weighted by atomic mass is 32.1. The van der Waals surface area contributed by atoms with Gasteiger partial charge in [-0.05, 0) is 42.2 Å². The van der Waals surface area contributed by atoms with Crippen LogP contribution in [-0.2, 0) is 0 Å². The Bertz CT molecular complexity index is 657. The summed E-state index contributed by atoms with van der Waals surface area (Å²) >= 11 is 1.80. The molecule has 0 atom stereocenters. The molecule has 0 amide bonds. The lowest BCUT2D eigenvalue weighted by molar-refractivity contribution is 1.02. The predicted octanol–water partition coefficient (Wildman–Crippen LogP) is 4.59. The number of benzene rings is 1. The number of nitrogens with zero attached hydrogens (tertiary/aromatic N) is 1. The molecule has 0 aliphatic carbocycles. The van der Waals surface area contributed by atoms with Crippen LogP contribution in [0.2, 0.25) is 0 Å². The number of allylic oxidation sites excluding steroid dienone is 2. The van der Waals surface area contributed by atoms with E-state index >= 15 is 0 Å². The van der Waals surface area contributed by atoms with Crippen molar-refractivity contribution >= 4 is 16.9 Å². The van der Waals surface area contributed by atoms with E-state index in [1.807, 2.05) is 0 Å². The van der Waals surface area contributed by atoms with Crippen LogP contribution >= 0.6 is 11.3 Å². The van der Waals surface area contributed by atoms with Gasteiger partial charge in [-0.25, -0.2) is 0 Å². The van der Waals surface area contributed by atoms with E-state index in [4.69, 9.17) is 5.26 Å². The number of nitrogens with one attached hydrogen (secondary N) is 1. The summed E-state index contributed by atoms with van der Waals surface area (Å²) in [5, 5.41) is 12.1. The van der Waals surface area contributed by atoms with Crippen LogP contribution in [0.15, 0.2) is 42.1 Å². The van der Waals surface area contributed by atoms with E-state index in [0.29, 0.717) is 5.70 Å². The van der Waals surface area contributed by atoms with Crippen LogP contribution in [0.5, 0.6) is 0 Å². The van der Waals surface area contributed by atoms with E-state index in [1.165, 1.54) is 15.3 Å². The van der Waals surface area contributed by atoms with Crippen molar-refractivity contribution in [2.45, 2.75) is 20.3 Å². The van der Waals surface area contributed by atoms with Crippen molar-refractivity contribution in [3.8, 4) is 16.5 Å². The van der Waals surface area contributed by atoms with Gasteiger partial charge in [0, 0.05) is 16.8 Å². The predicted molar refractivity (Wildman–Crippen MR) is 86.4 cm³/mol. The van der Waals surface area contributed by atoms with Gasteiger partial charge in [0.05, 0.1) is 0 Å². The SMILES string of the molecule is CC/C(=C(/C#N)NC)c1ccc(-c2ccc(C)s2)cc1. The molecule has 0 spiro atoms. The monoisotopic (exact) mass is 282 g/mol. The van der Waals surface area contributed by atoms with Crippen molar-refractivity contribution in [1.82, 2.24) is 5.32 Å². The largest absolute Gasteiger partial charge is 0.379 e. The zero-order valence-electron chi connectivity index (χ0n) is 12.0. The maximum absolute atomic E-state index is 9.16. The summed E-state index contributed by atoms with van der Waals surface area (Å²) < 4.78 is 0. The molecule has 0 aliphatic heterocycles. The Balaban J connectivity index is 2.37. The first-order chi connectivity index (χ1) is 9.69. The number of nitriles is 1. The topological polar surface area (TPSA) is 35.8 Å². The highest BCUT2D eigenvalue weighted by Gasteiger charge is 2.07. The second-order valence-corrected chi connectivity index (χ2v) is 5.84. The molecule has 0 radical (unpaired) electrons. The van der Waals surface area contributed by atoms with Gasteiger partial charge >= 0.3 is 0 Å². The summed E-state index contributed by atoms with van der Waals surface area (Å²) in [6, 6.07) is 15.0. The summed E-state index contributed by atoms with van der Waals surface area (Å²) in [5.74, 6) is 0. The summed E-state index contributed by atoms with van der Waals surface area (Å²) in [5.41, 5.74) is 4.04. The molecule has 0 saturated carbocycles. The van der Waals surface area contributed by atoms with Gasteiger partial charge in [0.2, 0.25) is 0 Å². The van der Waals surface area contributed by atoms with E-state index in [1.54, 1.807) is 18.4 Å². The summed E-state index contributed by atoms with van der Waals surface area (Å²) in [6.07, 6.45) is 0.835. The minimum Gasteiger partial charge on any atom is -0.379 e. The summed E-state index contributed by atoms with van der Waals surface area (Å²) in [6.45, 7) is 4.19. The zero-order chi connectivity index (χ0) is 14.5. The third-order valence-corrected chi connectivity index (χ3v) is 4.33. The van der Waals surface area contributed by atoms with Gasteiger partial charge in [0.15, 0.2) is 0 Å². The fourth-order valence-electron chi connectivity index (χ4n) is 2.22. The second kappa shape index (κ2) is 6.40. The van der Waals surface area contributed by atoms with Crippen molar-refractivity contribution in [3.63, 3.8) is 0 Å². The molecule has 3 heteroatoms. The first kappa shape index (κ1) is 14.4. The first-order valence-electron chi connectivity index (χ1n) is 6.67. The molecule has 0 aliphatic rings. The van der Waals surface area contributed by atoms with Gasteiger partial charge in [-0.3, -0.25) is 0 Å². The van der Waals surface area contributed by atoms with Crippen LogP contribution in [0.3, 0.4) is 0 Å². The number of aryl methyl sites for hydroxylation is 1. The van der Waals surface area contributed by atoms with Crippen molar-refractivity contribution in [2.24, 2.45) is 0 Å². The molecule has 0 unspecified atom stereocenters. The maximum Gasteiger partial charge on any atom is 0.117 e. The Morgan fingerprint density at radius 2 is 1.90 bits per heavy atom. The average Bonchev–Trinajstić information content (AvgIpc) is 2.91. The standard InChI is InChI=1S/C17H18N2S/c1-4-15(16(11-18)19-3)13-6-8-14(9-7-13)17-10-5-12(2)20-17/h5-10,19H,4H2,1-3H3/b16-15+. The van der Waals surface area contributed by atoms with Gasteiger partial charge in [0.25, 0.3) is 0 Å². The van der Waals surface area contributed by atoms with Crippen molar-refractivity contribution in [2.75, 3.05) is 7.05 Å².